The van der Waals surface area contributed by atoms with Crippen LogP contribution in [0.4, 0.5) is 5.95 Å². The van der Waals surface area contributed by atoms with E-state index in [9.17, 15) is 0 Å². The molecule has 1 aliphatic heterocycles. The van der Waals surface area contributed by atoms with Crippen LogP contribution in [0, 0.1) is 5.92 Å². The van der Waals surface area contributed by atoms with Crippen LogP contribution in [0.2, 0.25) is 0 Å². The Morgan fingerprint density at radius 3 is 2.42 bits per heavy atom. The van der Waals surface area contributed by atoms with Gasteiger partial charge < -0.3 is 10.6 Å². The van der Waals surface area contributed by atoms with Crippen molar-refractivity contribution in [1.82, 2.24) is 9.97 Å². The minimum absolute atomic E-state index is 0. The number of rotatable bonds is 3. The molecule has 4 nitrogen and oxygen atoms in total. The number of anilines is 1. The first-order valence-corrected chi connectivity index (χ1v) is 8.61. The maximum absolute atomic E-state index is 5.78. The van der Waals surface area contributed by atoms with E-state index in [4.69, 9.17) is 10.7 Å². The molecule has 0 atom stereocenters. The molecule has 1 aliphatic rings. The quantitative estimate of drug-likeness (QED) is 0.723. The molecule has 6 heteroatoms. The fraction of sp³-hybridized carbons (Fsp3) is 0.300. The Kier molecular flexibility index (Phi) is 7.21. The molecular weight excluding hydrogens is 367 g/mol. The van der Waals surface area contributed by atoms with E-state index in [0.717, 1.165) is 49.7 Å². The van der Waals surface area contributed by atoms with Crippen molar-refractivity contribution in [2.24, 2.45) is 11.7 Å². The lowest BCUT2D eigenvalue weighted by Gasteiger charge is -2.31. The molecule has 0 radical (unpaired) electrons. The van der Waals surface area contributed by atoms with Crippen molar-refractivity contribution in [3.63, 3.8) is 0 Å². The van der Waals surface area contributed by atoms with E-state index in [0.29, 0.717) is 5.92 Å². The van der Waals surface area contributed by atoms with E-state index in [2.05, 4.69) is 52.3 Å². The van der Waals surface area contributed by atoms with Crippen LogP contribution >= 0.6 is 24.8 Å². The molecule has 2 aromatic carbocycles. The predicted molar refractivity (Wildman–Crippen MR) is 113 cm³/mol. The molecule has 3 aromatic rings. The van der Waals surface area contributed by atoms with E-state index < -0.39 is 0 Å². The summed E-state index contributed by atoms with van der Waals surface area (Å²) in [6.45, 7) is 2.76. The van der Waals surface area contributed by atoms with Gasteiger partial charge in [-0.3, -0.25) is 0 Å². The van der Waals surface area contributed by atoms with Crippen LogP contribution in [0.1, 0.15) is 12.8 Å². The summed E-state index contributed by atoms with van der Waals surface area (Å²) in [5.41, 5.74) is 7.90. The Labute approximate surface area is 166 Å². The standard InChI is InChI=1S/C20H22N4.2ClH/c21-14-15-8-11-24(12-9-15)20-22-10-7-19(23-20)18-6-5-16-3-1-2-4-17(16)13-18;;/h1-7,10,13,15H,8-9,11-12,14,21H2;2*1H. The van der Waals surface area contributed by atoms with E-state index in [1.807, 2.05) is 12.3 Å². The van der Waals surface area contributed by atoms with Gasteiger partial charge in [0, 0.05) is 24.8 Å². The Morgan fingerprint density at radius 1 is 0.962 bits per heavy atom. The Morgan fingerprint density at radius 2 is 1.69 bits per heavy atom. The summed E-state index contributed by atoms with van der Waals surface area (Å²) in [5.74, 6) is 1.47. The third kappa shape index (κ3) is 4.26. The normalized spacial score (nSPS) is 14.6. The number of nitrogens with zero attached hydrogens (tertiary/aromatic N) is 3. The number of nitrogens with two attached hydrogens (primary N) is 1. The zero-order valence-corrected chi connectivity index (χ0v) is 16.2. The number of halogens is 2. The van der Waals surface area contributed by atoms with Crippen molar-refractivity contribution < 1.29 is 0 Å². The van der Waals surface area contributed by atoms with E-state index in [-0.39, 0.29) is 24.8 Å². The SMILES string of the molecule is Cl.Cl.NCC1CCN(c2nccc(-c3ccc4ccccc4c3)n2)CC1. The van der Waals surface area contributed by atoms with Crippen LogP contribution in [-0.2, 0) is 0 Å². The van der Waals surface area contributed by atoms with Gasteiger partial charge in [-0.1, -0.05) is 36.4 Å². The number of piperidine rings is 1. The highest BCUT2D eigenvalue weighted by molar-refractivity contribution is 5.86. The summed E-state index contributed by atoms with van der Waals surface area (Å²) in [7, 11) is 0. The number of hydrogen-bond donors (Lipinski definition) is 1. The minimum atomic E-state index is 0. The van der Waals surface area contributed by atoms with E-state index >= 15 is 0 Å². The molecular formula is C20H24Cl2N4. The van der Waals surface area contributed by atoms with Crippen LogP contribution in [-0.4, -0.2) is 29.6 Å². The largest absolute Gasteiger partial charge is 0.341 e. The molecule has 26 heavy (non-hydrogen) atoms. The first kappa shape index (κ1) is 20.4. The second kappa shape index (κ2) is 9.17. The van der Waals surface area contributed by atoms with Crippen LogP contribution < -0.4 is 10.6 Å². The predicted octanol–water partition coefficient (Wildman–Crippen LogP) is 4.32. The average molecular weight is 391 g/mol. The molecule has 0 spiro atoms. The molecule has 138 valence electrons. The highest BCUT2D eigenvalue weighted by Crippen LogP contribution is 2.25. The third-order valence-electron chi connectivity index (χ3n) is 4.92. The van der Waals surface area contributed by atoms with Crippen molar-refractivity contribution in [2.75, 3.05) is 24.5 Å². The lowest BCUT2D eigenvalue weighted by atomic mass is 9.97. The molecule has 1 aromatic heterocycles. The molecule has 4 rings (SSSR count). The fourth-order valence-corrected chi connectivity index (χ4v) is 3.38. The Bertz CT molecular complexity index is 848. The summed E-state index contributed by atoms with van der Waals surface area (Å²) in [4.78, 5) is 11.6. The highest BCUT2D eigenvalue weighted by atomic mass is 35.5. The molecule has 0 bridgehead atoms. The van der Waals surface area contributed by atoms with Crippen molar-refractivity contribution >= 4 is 41.5 Å². The summed E-state index contributed by atoms with van der Waals surface area (Å²) in [6.07, 6.45) is 4.11. The van der Waals surface area contributed by atoms with Gasteiger partial charge in [0.25, 0.3) is 0 Å². The minimum Gasteiger partial charge on any atom is -0.341 e. The van der Waals surface area contributed by atoms with Crippen molar-refractivity contribution in [3.8, 4) is 11.3 Å². The van der Waals surface area contributed by atoms with Crippen molar-refractivity contribution in [1.29, 1.82) is 0 Å². The number of hydrogen-bond acceptors (Lipinski definition) is 4. The lowest BCUT2D eigenvalue weighted by Crippen LogP contribution is -2.37. The molecule has 2 heterocycles. The van der Waals surface area contributed by atoms with Gasteiger partial charge in [0.05, 0.1) is 5.69 Å². The van der Waals surface area contributed by atoms with Crippen molar-refractivity contribution in [2.45, 2.75) is 12.8 Å². The first-order valence-electron chi connectivity index (χ1n) is 8.61. The van der Waals surface area contributed by atoms with Gasteiger partial charge in [-0.25, -0.2) is 9.97 Å². The monoisotopic (exact) mass is 390 g/mol. The zero-order valence-electron chi connectivity index (χ0n) is 14.5. The van der Waals surface area contributed by atoms with Gasteiger partial charge in [-0.15, -0.1) is 24.8 Å². The summed E-state index contributed by atoms with van der Waals surface area (Å²) in [5, 5.41) is 2.48. The fourth-order valence-electron chi connectivity index (χ4n) is 3.38. The van der Waals surface area contributed by atoms with Gasteiger partial charge in [-0.2, -0.15) is 0 Å². The molecule has 1 fully saturated rings. The van der Waals surface area contributed by atoms with Crippen LogP contribution in [0.15, 0.2) is 54.7 Å². The molecule has 2 N–H and O–H groups in total. The number of fused-ring (bicyclic) bond motifs is 1. The molecule has 0 amide bonds. The second-order valence-electron chi connectivity index (χ2n) is 6.47. The first-order chi connectivity index (χ1) is 11.8. The third-order valence-corrected chi connectivity index (χ3v) is 4.92. The number of aromatic nitrogens is 2. The van der Waals surface area contributed by atoms with Gasteiger partial charge in [-0.05, 0) is 48.2 Å². The molecule has 0 unspecified atom stereocenters. The van der Waals surface area contributed by atoms with Gasteiger partial charge in [0.1, 0.15) is 0 Å². The van der Waals surface area contributed by atoms with Crippen molar-refractivity contribution in [3.05, 3.63) is 54.7 Å². The molecule has 0 saturated carbocycles. The number of benzene rings is 2. The van der Waals surface area contributed by atoms with Gasteiger partial charge >= 0.3 is 0 Å². The van der Waals surface area contributed by atoms with Crippen LogP contribution in [0.5, 0.6) is 0 Å². The topological polar surface area (TPSA) is 55.0 Å². The zero-order chi connectivity index (χ0) is 16.4. The molecule has 0 aliphatic carbocycles. The lowest BCUT2D eigenvalue weighted by molar-refractivity contribution is 0.411. The summed E-state index contributed by atoms with van der Waals surface area (Å²) >= 11 is 0. The smallest absolute Gasteiger partial charge is 0.225 e. The average Bonchev–Trinajstić information content (AvgIpc) is 2.68. The van der Waals surface area contributed by atoms with Crippen LogP contribution in [0.3, 0.4) is 0 Å². The van der Waals surface area contributed by atoms with Gasteiger partial charge in [0.2, 0.25) is 5.95 Å². The highest BCUT2D eigenvalue weighted by Gasteiger charge is 2.20. The second-order valence-corrected chi connectivity index (χ2v) is 6.47. The van der Waals surface area contributed by atoms with Gasteiger partial charge in [0.15, 0.2) is 0 Å². The maximum atomic E-state index is 5.78. The molecule has 1 saturated heterocycles. The van der Waals surface area contributed by atoms with E-state index in [1.54, 1.807) is 0 Å². The summed E-state index contributed by atoms with van der Waals surface area (Å²) < 4.78 is 0. The van der Waals surface area contributed by atoms with E-state index in [1.165, 1.54) is 10.8 Å². The van der Waals surface area contributed by atoms with Crippen LogP contribution in [0.25, 0.3) is 22.0 Å². The Hall–Kier alpha value is -1.88. The Balaban J connectivity index is 0.00000121. The maximum Gasteiger partial charge on any atom is 0.225 e. The summed E-state index contributed by atoms with van der Waals surface area (Å²) in [6, 6.07) is 16.9.